The molecular weight excluding hydrogens is 214 g/mol. The molecule has 0 aliphatic carbocycles. The fourth-order valence-corrected chi connectivity index (χ4v) is 2.34. The molecule has 1 atom stereocenters. The maximum atomic E-state index is 3.42. The highest BCUT2D eigenvalue weighted by molar-refractivity contribution is 7.99. The van der Waals surface area contributed by atoms with Crippen LogP contribution in [0.4, 0.5) is 0 Å². The average molecular weight is 237 g/mol. The number of hydrogen-bond donors (Lipinski definition) is 1. The molecule has 0 heterocycles. The highest BCUT2D eigenvalue weighted by atomic mass is 32.2. The predicted molar refractivity (Wildman–Crippen MR) is 74.0 cm³/mol. The predicted octanol–water partition coefficient (Wildman–Crippen LogP) is 4.08. The van der Waals surface area contributed by atoms with Gasteiger partial charge in [-0.25, -0.2) is 0 Å². The second-order valence-electron chi connectivity index (χ2n) is 4.16. The molecular formula is C14H23NS. The van der Waals surface area contributed by atoms with Crippen LogP contribution < -0.4 is 5.32 Å². The van der Waals surface area contributed by atoms with Crippen molar-refractivity contribution >= 4 is 11.8 Å². The van der Waals surface area contributed by atoms with E-state index < -0.39 is 0 Å². The van der Waals surface area contributed by atoms with Crippen LogP contribution in [0, 0.1) is 0 Å². The fraction of sp³-hybridized carbons (Fsp3) is 0.571. The number of rotatable bonds is 7. The molecule has 1 nitrogen and oxygen atoms in total. The molecule has 90 valence electrons. The monoisotopic (exact) mass is 237 g/mol. The van der Waals surface area contributed by atoms with E-state index >= 15 is 0 Å². The molecule has 0 radical (unpaired) electrons. The van der Waals surface area contributed by atoms with Crippen molar-refractivity contribution in [3.63, 3.8) is 0 Å². The maximum absolute atomic E-state index is 3.42. The average Bonchev–Trinajstić information content (AvgIpc) is 2.31. The fourth-order valence-electron chi connectivity index (χ4n) is 1.41. The summed E-state index contributed by atoms with van der Waals surface area (Å²) in [5.74, 6) is 0. The molecule has 1 unspecified atom stereocenters. The third-order valence-electron chi connectivity index (χ3n) is 2.59. The highest BCUT2D eigenvalue weighted by Gasteiger charge is 2.01. The summed E-state index contributed by atoms with van der Waals surface area (Å²) in [7, 11) is 0. The molecule has 0 fully saturated rings. The quantitative estimate of drug-likeness (QED) is 0.566. The first-order valence-corrected chi connectivity index (χ1v) is 7.10. The molecule has 1 aromatic carbocycles. The van der Waals surface area contributed by atoms with E-state index in [-0.39, 0.29) is 0 Å². The Balaban J connectivity index is 2.41. The van der Waals surface area contributed by atoms with Gasteiger partial charge in [0.2, 0.25) is 0 Å². The summed E-state index contributed by atoms with van der Waals surface area (Å²) in [6.07, 6.45) is 2.42. The van der Waals surface area contributed by atoms with Gasteiger partial charge in [-0.15, -0.1) is 11.8 Å². The van der Waals surface area contributed by atoms with Crippen molar-refractivity contribution in [2.24, 2.45) is 0 Å². The van der Waals surface area contributed by atoms with Crippen molar-refractivity contribution in [1.29, 1.82) is 0 Å². The highest BCUT2D eigenvalue weighted by Crippen LogP contribution is 2.24. The van der Waals surface area contributed by atoms with Crippen molar-refractivity contribution in [2.75, 3.05) is 6.54 Å². The zero-order valence-corrected chi connectivity index (χ0v) is 11.4. The largest absolute Gasteiger partial charge is 0.313 e. The molecule has 0 saturated heterocycles. The molecule has 1 N–H and O–H groups in total. The lowest BCUT2D eigenvalue weighted by atomic mass is 10.2. The van der Waals surface area contributed by atoms with Gasteiger partial charge < -0.3 is 5.32 Å². The standard InChI is InChI=1S/C14H23NS/c1-4-10-15-11-13-6-8-14(9-7-13)16-12(3)5-2/h6-9,12,15H,4-5,10-11H2,1-3H3. The minimum absolute atomic E-state index is 0.712. The van der Waals surface area contributed by atoms with Crippen molar-refractivity contribution in [3.05, 3.63) is 29.8 Å². The van der Waals surface area contributed by atoms with Crippen molar-refractivity contribution in [3.8, 4) is 0 Å². The molecule has 0 aliphatic rings. The molecule has 16 heavy (non-hydrogen) atoms. The zero-order chi connectivity index (χ0) is 11.8. The number of hydrogen-bond acceptors (Lipinski definition) is 2. The minimum atomic E-state index is 0.712. The Morgan fingerprint density at radius 3 is 2.44 bits per heavy atom. The van der Waals surface area contributed by atoms with Gasteiger partial charge in [0.15, 0.2) is 0 Å². The summed E-state index contributed by atoms with van der Waals surface area (Å²) in [5.41, 5.74) is 1.38. The summed E-state index contributed by atoms with van der Waals surface area (Å²) in [4.78, 5) is 1.38. The number of thioether (sulfide) groups is 1. The van der Waals surface area contributed by atoms with Crippen LogP contribution in [0.1, 0.15) is 39.2 Å². The SMILES string of the molecule is CCCNCc1ccc(SC(C)CC)cc1. The summed E-state index contributed by atoms with van der Waals surface area (Å²) < 4.78 is 0. The van der Waals surface area contributed by atoms with E-state index in [1.165, 1.54) is 23.3 Å². The first-order chi connectivity index (χ1) is 7.76. The van der Waals surface area contributed by atoms with E-state index in [0.717, 1.165) is 13.1 Å². The first kappa shape index (κ1) is 13.6. The molecule has 0 aromatic heterocycles. The normalized spacial score (nSPS) is 12.7. The molecule has 0 saturated carbocycles. The Hall–Kier alpha value is -0.470. The Labute approximate surface area is 104 Å². The first-order valence-electron chi connectivity index (χ1n) is 6.22. The molecule has 2 heteroatoms. The van der Waals surface area contributed by atoms with Gasteiger partial charge >= 0.3 is 0 Å². The van der Waals surface area contributed by atoms with Crippen LogP contribution in [0.3, 0.4) is 0 Å². The summed E-state index contributed by atoms with van der Waals surface area (Å²) in [6.45, 7) is 8.80. The molecule has 0 bridgehead atoms. The third-order valence-corrected chi connectivity index (χ3v) is 3.87. The van der Waals surface area contributed by atoms with Gasteiger partial charge in [0.25, 0.3) is 0 Å². The van der Waals surface area contributed by atoms with Crippen LogP contribution >= 0.6 is 11.8 Å². The lowest BCUT2D eigenvalue weighted by Gasteiger charge is -2.09. The van der Waals surface area contributed by atoms with Crippen LogP contribution in [0.5, 0.6) is 0 Å². The van der Waals surface area contributed by atoms with Gasteiger partial charge in [-0.3, -0.25) is 0 Å². The third kappa shape index (κ3) is 5.04. The van der Waals surface area contributed by atoms with E-state index in [4.69, 9.17) is 0 Å². The lowest BCUT2D eigenvalue weighted by Crippen LogP contribution is -2.13. The van der Waals surface area contributed by atoms with Gasteiger partial charge in [0, 0.05) is 16.7 Å². The minimum Gasteiger partial charge on any atom is -0.313 e. The number of benzene rings is 1. The van der Waals surface area contributed by atoms with Crippen LogP contribution in [0.15, 0.2) is 29.2 Å². The van der Waals surface area contributed by atoms with E-state index in [1.54, 1.807) is 0 Å². The molecule has 0 amide bonds. The summed E-state index contributed by atoms with van der Waals surface area (Å²) >= 11 is 1.96. The van der Waals surface area contributed by atoms with Gasteiger partial charge in [0.1, 0.15) is 0 Å². The van der Waals surface area contributed by atoms with Crippen LogP contribution in [-0.2, 0) is 6.54 Å². The topological polar surface area (TPSA) is 12.0 Å². The van der Waals surface area contributed by atoms with Crippen LogP contribution in [0.2, 0.25) is 0 Å². The summed E-state index contributed by atoms with van der Waals surface area (Å²) in [5, 5.41) is 4.13. The van der Waals surface area contributed by atoms with Gasteiger partial charge in [-0.2, -0.15) is 0 Å². The zero-order valence-electron chi connectivity index (χ0n) is 10.6. The lowest BCUT2D eigenvalue weighted by molar-refractivity contribution is 0.675. The smallest absolute Gasteiger partial charge is 0.0205 e. The Bertz CT molecular complexity index is 281. The van der Waals surface area contributed by atoms with E-state index in [0.29, 0.717) is 5.25 Å². The molecule has 1 rings (SSSR count). The van der Waals surface area contributed by atoms with Gasteiger partial charge in [-0.1, -0.05) is 32.9 Å². The molecule has 0 spiro atoms. The van der Waals surface area contributed by atoms with Gasteiger partial charge in [-0.05, 0) is 37.1 Å². The van der Waals surface area contributed by atoms with Crippen LogP contribution in [0.25, 0.3) is 0 Å². The van der Waals surface area contributed by atoms with Crippen LogP contribution in [-0.4, -0.2) is 11.8 Å². The maximum Gasteiger partial charge on any atom is 0.0205 e. The Morgan fingerprint density at radius 1 is 1.19 bits per heavy atom. The van der Waals surface area contributed by atoms with E-state index in [9.17, 15) is 0 Å². The number of nitrogens with one attached hydrogen (secondary N) is 1. The van der Waals surface area contributed by atoms with E-state index in [2.05, 4.69) is 50.4 Å². The summed E-state index contributed by atoms with van der Waals surface area (Å²) in [6, 6.07) is 8.93. The van der Waals surface area contributed by atoms with Gasteiger partial charge in [0.05, 0.1) is 0 Å². The second-order valence-corrected chi connectivity index (χ2v) is 5.67. The van der Waals surface area contributed by atoms with Crippen molar-refractivity contribution in [2.45, 2.75) is 50.3 Å². The second kappa shape index (κ2) is 7.75. The molecule has 0 aliphatic heterocycles. The van der Waals surface area contributed by atoms with Crippen molar-refractivity contribution < 1.29 is 0 Å². The Morgan fingerprint density at radius 2 is 1.88 bits per heavy atom. The Kier molecular flexibility index (Phi) is 6.58. The van der Waals surface area contributed by atoms with E-state index in [1.807, 2.05) is 11.8 Å². The van der Waals surface area contributed by atoms with Crippen molar-refractivity contribution in [1.82, 2.24) is 5.32 Å². The molecule has 1 aromatic rings.